The molecule has 1 aromatic heterocycles. The van der Waals surface area contributed by atoms with Crippen LogP contribution in [0.15, 0.2) is 24.3 Å². The van der Waals surface area contributed by atoms with E-state index >= 15 is 0 Å². The van der Waals surface area contributed by atoms with Gasteiger partial charge in [-0.1, -0.05) is 12.1 Å². The van der Waals surface area contributed by atoms with Crippen LogP contribution in [0.3, 0.4) is 0 Å². The second kappa shape index (κ2) is 6.87. The van der Waals surface area contributed by atoms with Gasteiger partial charge >= 0.3 is 0 Å². The van der Waals surface area contributed by atoms with E-state index in [-0.39, 0.29) is 23.5 Å². The maximum atomic E-state index is 12.7. The van der Waals surface area contributed by atoms with Gasteiger partial charge in [-0.25, -0.2) is 0 Å². The third-order valence-electron chi connectivity index (χ3n) is 3.12. The van der Waals surface area contributed by atoms with E-state index in [1.165, 1.54) is 27.2 Å². The van der Waals surface area contributed by atoms with Crippen LogP contribution in [0.1, 0.15) is 28.7 Å². The Balaban J connectivity index is 2.53. The number of aryl methyl sites for hydroxylation is 1. The molecule has 120 valence electrons. The molecule has 0 fully saturated rings. The van der Waals surface area contributed by atoms with Crippen molar-refractivity contribution in [3.63, 3.8) is 0 Å². The number of nitrogens with zero attached hydrogens (tertiary/aromatic N) is 2. The summed E-state index contributed by atoms with van der Waals surface area (Å²) in [7, 11) is 2.87. The van der Waals surface area contributed by atoms with E-state index in [0.29, 0.717) is 11.3 Å². The largest absolute Gasteiger partial charge is 0.481 e. The predicted molar refractivity (Wildman–Crippen MR) is 84.1 cm³/mol. The van der Waals surface area contributed by atoms with Crippen molar-refractivity contribution in [2.24, 2.45) is 0 Å². The molecule has 0 saturated carbocycles. The fourth-order valence-corrected chi connectivity index (χ4v) is 2.03. The average molecular weight is 315 g/mol. The fraction of sp³-hybridized carbons (Fsp3) is 0.250. The number of carbonyl (C=O) groups is 2. The molecule has 0 unspecified atom stereocenters. The minimum absolute atomic E-state index is 0.0709. The number of hydrogen-bond donors (Lipinski definition) is 1. The number of anilines is 1. The highest BCUT2D eigenvalue weighted by Crippen LogP contribution is 2.24. The second-order valence-electron chi connectivity index (χ2n) is 4.78. The first-order chi connectivity index (χ1) is 11.0. The molecule has 0 atom stereocenters. The molecule has 2 aromatic rings. The monoisotopic (exact) mass is 315 g/mol. The van der Waals surface area contributed by atoms with Gasteiger partial charge in [0.25, 0.3) is 0 Å². The van der Waals surface area contributed by atoms with Crippen molar-refractivity contribution in [3.8, 4) is 11.8 Å². The minimum atomic E-state index is -0.436. The van der Waals surface area contributed by atoms with Crippen LogP contribution in [0.5, 0.6) is 11.8 Å². The highest BCUT2D eigenvalue weighted by Gasteiger charge is 2.20. The van der Waals surface area contributed by atoms with Crippen LogP contribution in [0.2, 0.25) is 0 Å². The topological polar surface area (TPSA) is 90.4 Å². The number of para-hydroxylation sites is 1. The number of ether oxygens (including phenoxy) is 2. The normalized spacial score (nSPS) is 10.1. The zero-order valence-corrected chi connectivity index (χ0v) is 13.3. The first kappa shape index (κ1) is 16.4. The summed E-state index contributed by atoms with van der Waals surface area (Å²) in [5.74, 6) is -0.339. The predicted octanol–water partition coefficient (Wildman–Crippen LogP) is 1.99. The Morgan fingerprint density at radius 1 is 1.09 bits per heavy atom. The number of aromatic nitrogens is 2. The van der Waals surface area contributed by atoms with E-state index in [4.69, 9.17) is 9.47 Å². The Morgan fingerprint density at radius 2 is 1.70 bits per heavy atom. The van der Waals surface area contributed by atoms with Crippen LogP contribution < -0.4 is 14.8 Å². The van der Waals surface area contributed by atoms with Gasteiger partial charge in [0.2, 0.25) is 29.3 Å². The summed E-state index contributed by atoms with van der Waals surface area (Å²) < 4.78 is 10.1. The molecule has 0 aliphatic heterocycles. The standard InChI is InChI=1S/C16H17N3O4/c1-9-6-5-7-11(14(9)17-10(2)20)15(21)16-18-12(22-3)8-13(19-16)23-4/h5-8H,1-4H3,(H,17,20). The lowest BCUT2D eigenvalue weighted by Gasteiger charge is -2.12. The zero-order valence-electron chi connectivity index (χ0n) is 13.3. The lowest BCUT2D eigenvalue weighted by atomic mass is 10.0. The molecule has 1 N–H and O–H groups in total. The summed E-state index contributed by atoms with van der Waals surface area (Å²) in [6.07, 6.45) is 0. The second-order valence-corrected chi connectivity index (χ2v) is 4.78. The Bertz CT molecular complexity index is 737. The van der Waals surface area contributed by atoms with Crippen molar-refractivity contribution in [1.29, 1.82) is 0 Å². The van der Waals surface area contributed by atoms with E-state index in [9.17, 15) is 9.59 Å². The van der Waals surface area contributed by atoms with Crippen molar-refractivity contribution >= 4 is 17.4 Å². The summed E-state index contributed by atoms with van der Waals surface area (Å²) in [4.78, 5) is 32.2. The maximum absolute atomic E-state index is 12.7. The van der Waals surface area contributed by atoms with Crippen molar-refractivity contribution in [1.82, 2.24) is 9.97 Å². The Morgan fingerprint density at radius 3 is 2.22 bits per heavy atom. The van der Waals surface area contributed by atoms with Crippen LogP contribution >= 0.6 is 0 Å². The lowest BCUT2D eigenvalue weighted by molar-refractivity contribution is -0.114. The summed E-state index contributed by atoms with van der Waals surface area (Å²) in [5.41, 5.74) is 1.51. The number of benzene rings is 1. The molecule has 0 radical (unpaired) electrons. The quantitative estimate of drug-likeness (QED) is 0.849. The van der Waals surface area contributed by atoms with Gasteiger partial charge in [-0.05, 0) is 18.6 Å². The lowest BCUT2D eigenvalue weighted by Crippen LogP contribution is -2.15. The number of amides is 1. The number of ketones is 1. The van der Waals surface area contributed by atoms with E-state index in [1.807, 2.05) is 0 Å². The van der Waals surface area contributed by atoms with Crippen LogP contribution in [-0.2, 0) is 4.79 Å². The molecule has 7 nitrogen and oxygen atoms in total. The number of hydrogen-bond acceptors (Lipinski definition) is 6. The Hall–Kier alpha value is -2.96. The number of nitrogens with one attached hydrogen (secondary N) is 1. The van der Waals surface area contributed by atoms with Gasteiger partial charge in [0.05, 0.1) is 26.0 Å². The van der Waals surface area contributed by atoms with Gasteiger partial charge < -0.3 is 14.8 Å². The molecule has 0 bridgehead atoms. The van der Waals surface area contributed by atoms with E-state index < -0.39 is 5.78 Å². The first-order valence-corrected chi connectivity index (χ1v) is 6.85. The SMILES string of the molecule is COc1cc(OC)nc(C(=O)c2cccc(C)c2NC(C)=O)n1. The molecule has 0 spiro atoms. The smallest absolute Gasteiger partial charge is 0.232 e. The van der Waals surface area contributed by atoms with Gasteiger partial charge in [0.15, 0.2) is 0 Å². The van der Waals surface area contributed by atoms with Gasteiger partial charge in [0, 0.05) is 12.5 Å². The van der Waals surface area contributed by atoms with Crippen molar-refractivity contribution in [3.05, 3.63) is 41.2 Å². The summed E-state index contributed by atoms with van der Waals surface area (Å²) in [5, 5.41) is 2.67. The van der Waals surface area contributed by atoms with Crippen molar-refractivity contribution < 1.29 is 19.1 Å². The molecular weight excluding hydrogens is 298 g/mol. The highest BCUT2D eigenvalue weighted by molar-refractivity contribution is 6.12. The molecule has 2 rings (SSSR count). The van der Waals surface area contributed by atoms with Gasteiger partial charge in [-0.15, -0.1) is 0 Å². The summed E-state index contributed by atoms with van der Waals surface area (Å²) in [6, 6.07) is 6.61. The molecule has 1 heterocycles. The third-order valence-corrected chi connectivity index (χ3v) is 3.12. The van der Waals surface area contributed by atoms with Crippen LogP contribution in [0, 0.1) is 6.92 Å². The fourth-order valence-electron chi connectivity index (χ4n) is 2.03. The third kappa shape index (κ3) is 3.63. The number of methoxy groups -OCH3 is 2. The Labute approximate surface area is 133 Å². The Kier molecular flexibility index (Phi) is 4.90. The molecule has 7 heteroatoms. The summed E-state index contributed by atoms with van der Waals surface area (Å²) in [6.45, 7) is 3.18. The number of rotatable bonds is 5. The molecular formula is C16H17N3O4. The molecule has 0 aliphatic carbocycles. The van der Waals surface area contributed by atoms with Gasteiger partial charge in [-0.3, -0.25) is 9.59 Å². The summed E-state index contributed by atoms with van der Waals surface area (Å²) >= 11 is 0. The van der Waals surface area contributed by atoms with E-state index in [1.54, 1.807) is 25.1 Å². The van der Waals surface area contributed by atoms with Crippen molar-refractivity contribution in [2.45, 2.75) is 13.8 Å². The average Bonchev–Trinajstić information content (AvgIpc) is 2.55. The highest BCUT2D eigenvalue weighted by atomic mass is 16.5. The molecule has 0 saturated heterocycles. The minimum Gasteiger partial charge on any atom is -0.481 e. The van der Waals surface area contributed by atoms with E-state index in [2.05, 4.69) is 15.3 Å². The molecule has 1 amide bonds. The molecule has 1 aromatic carbocycles. The molecule has 23 heavy (non-hydrogen) atoms. The first-order valence-electron chi connectivity index (χ1n) is 6.85. The molecule has 0 aliphatic rings. The number of carbonyl (C=O) groups excluding carboxylic acids is 2. The maximum Gasteiger partial charge on any atom is 0.232 e. The van der Waals surface area contributed by atoms with Crippen molar-refractivity contribution in [2.75, 3.05) is 19.5 Å². The van der Waals surface area contributed by atoms with E-state index in [0.717, 1.165) is 5.56 Å². The van der Waals surface area contributed by atoms with Crippen LogP contribution in [-0.4, -0.2) is 35.9 Å². The van der Waals surface area contributed by atoms with Gasteiger partial charge in [-0.2, -0.15) is 9.97 Å². The zero-order chi connectivity index (χ0) is 17.0. The van der Waals surface area contributed by atoms with Gasteiger partial charge in [0.1, 0.15) is 0 Å². The van der Waals surface area contributed by atoms with Crippen LogP contribution in [0.25, 0.3) is 0 Å². The van der Waals surface area contributed by atoms with Crippen LogP contribution in [0.4, 0.5) is 5.69 Å².